The Hall–Kier alpha value is -3.75. The van der Waals surface area contributed by atoms with Crippen molar-refractivity contribution in [1.82, 2.24) is 4.90 Å². The minimum atomic E-state index is -0.699. The first-order valence-corrected chi connectivity index (χ1v) is 8.83. The minimum Gasteiger partial charge on any atom is -0.477 e. The molecule has 0 heterocycles. The summed E-state index contributed by atoms with van der Waals surface area (Å²) in [6.07, 6.45) is 1.23. The number of anilines is 1. The SMILES string of the molecule is CCc1ccccc1NC(=O)CN(C)C(=O)COc1ccc(C=O)cc1[N+](=O)[O-]. The number of rotatable bonds is 9. The standard InChI is InChI=1S/C20H21N3O6/c1-3-15-6-4-5-7-16(15)21-19(25)11-22(2)20(26)13-29-18-9-8-14(12-24)10-17(18)23(27)28/h4-10,12H,3,11,13H2,1-2H3,(H,21,25). The number of aldehydes is 1. The lowest BCUT2D eigenvalue weighted by Crippen LogP contribution is -2.37. The molecule has 0 bridgehead atoms. The monoisotopic (exact) mass is 399 g/mol. The Morgan fingerprint density at radius 1 is 1.24 bits per heavy atom. The molecule has 2 aromatic carbocycles. The minimum absolute atomic E-state index is 0.122. The molecule has 0 unspecified atom stereocenters. The number of hydrogen-bond acceptors (Lipinski definition) is 6. The highest BCUT2D eigenvalue weighted by molar-refractivity contribution is 5.95. The van der Waals surface area contributed by atoms with Crippen molar-refractivity contribution in [1.29, 1.82) is 0 Å². The molecule has 0 saturated carbocycles. The number of para-hydroxylation sites is 1. The van der Waals surface area contributed by atoms with Gasteiger partial charge in [-0.2, -0.15) is 0 Å². The van der Waals surface area contributed by atoms with Crippen LogP contribution in [0, 0.1) is 10.1 Å². The van der Waals surface area contributed by atoms with Crippen LogP contribution in [-0.2, 0) is 16.0 Å². The van der Waals surface area contributed by atoms with Crippen LogP contribution in [0.2, 0.25) is 0 Å². The van der Waals surface area contributed by atoms with E-state index in [2.05, 4.69) is 5.32 Å². The third kappa shape index (κ3) is 5.86. The van der Waals surface area contributed by atoms with E-state index < -0.39 is 23.1 Å². The van der Waals surface area contributed by atoms with Gasteiger partial charge in [-0.05, 0) is 30.2 Å². The third-order valence-corrected chi connectivity index (χ3v) is 4.15. The highest BCUT2D eigenvalue weighted by Gasteiger charge is 2.19. The van der Waals surface area contributed by atoms with Gasteiger partial charge in [0.1, 0.15) is 6.29 Å². The highest BCUT2D eigenvalue weighted by atomic mass is 16.6. The smallest absolute Gasteiger partial charge is 0.311 e. The van der Waals surface area contributed by atoms with E-state index in [1.807, 2.05) is 19.1 Å². The number of amides is 2. The number of nitro groups is 1. The number of carbonyl (C=O) groups excluding carboxylic acids is 3. The maximum Gasteiger partial charge on any atom is 0.311 e. The average molecular weight is 399 g/mol. The van der Waals surface area contributed by atoms with Gasteiger partial charge >= 0.3 is 5.69 Å². The Balaban J connectivity index is 1.95. The molecule has 29 heavy (non-hydrogen) atoms. The van der Waals surface area contributed by atoms with E-state index in [4.69, 9.17) is 4.74 Å². The first kappa shape index (κ1) is 21.5. The van der Waals surface area contributed by atoms with Crippen molar-refractivity contribution in [2.24, 2.45) is 0 Å². The van der Waals surface area contributed by atoms with E-state index in [0.717, 1.165) is 23.0 Å². The predicted octanol–water partition coefficient (Wildman–Crippen LogP) is 2.45. The Morgan fingerprint density at radius 2 is 1.97 bits per heavy atom. The molecule has 2 rings (SSSR count). The van der Waals surface area contributed by atoms with Gasteiger partial charge in [0.2, 0.25) is 5.91 Å². The van der Waals surface area contributed by atoms with Crippen molar-refractivity contribution < 1.29 is 24.0 Å². The number of ether oxygens (including phenoxy) is 1. The summed E-state index contributed by atoms with van der Waals surface area (Å²) in [7, 11) is 1.43. The fourth-order valence-electron chi connectivity index (χ4n) is 2.57. The maximum absolute atomic E-state index is 12.2. The third-order valence-electron chi connectivity index (χ3n) is 4.15. The zero-order valence-corrected chi connectivity index (χ0v) is 16.1. The molecule has 0 aliphatic carbocycles. The number of carbonyl (C=O) groups is 3. The van der Waals surface area contributed by atoms with E-state index in [-0.39, 0.29) is 23.8 Å². The first-order valence-electron chi connectivity index (χ1n) is 8.83. The van der Waals surface area contributed by atoms with Gasteiger partial charge in [-0.1, -0.05) is 25.1 Å². The topological polar surface area (TPSA) is 119 Å². The summed E-state index contributed by atoms with van der Waals surface area (Å²) < 4.78 is 5.24. The van der Waals surface area contributed by atoms with Gasteiger partial charge in [0.25, 0.3) is 5.91 Å². The Bertz CT molecular complexity index is 928. The van der Waals surface area contributed by atoms with E-state index in [1.165, 1.54) is 19.2 Å². The van der Waals surface area contributed by atoms with Crippen LogP contribution < -0.4 is 10.1 Å². The van der Waals surface area contributed by atoms with Gasteiger partial charge in [-0.25, -0.2) is 0 Å². The van der Waals surface area contributed by atoms with Crippen molar-refractivity contribution in [2.75, 3.05) is 25.5 Å². The van der Waals surface area contributed by atoms with Gasteiger partial charge in [-0.3, -0.25) is 24.5 Å². The number of nitrogens with one attached hydrogen (secondary N) is 1. The normalized spacial score (nSPS) is 10.1. The molecule has 0 radical (unpaired) electrons. The Labute approximate surface area is 167 Å². The van der Waals surface area contributed by atoms with Gasteiger partial charge < -0.3 is 15.0 Å². The summed E-state index contributed by atoms with van der Waals surface area (Å²) in [5, 5.41) is 13.9. The second kappa shape index (κ2) is 9.98. The Morgan fingerprint density at radius 3 is 2.62 bits per heavy atom. The van der Waals surface area contributed by atoms with Crippen LogP contribution in [0.4, 0.5) is 11.4 Å². The molecule has 0 spiro atoms. The van der Waals surface area contributed by atoms with Crippen LogP contribution in [0.15, 0.2) is 42.5 Å². The lowest BCUT2D eigenvalue weighted by molar-refractivity contribution is -0.385. The van der Waals surface area contributed by atoms with Crippen LogP contribution >= 0.6 is 0 Å². The van der Waals surface area contributed by atoms with Crippen molar-refractivity contribution in [2.45, 2.75) is 13.3 Å². The molecule has 0 fully saturated rings. The maximum atomic E-state index is 12.2. The number of likely N-dealkylation sites (N-methyl/N-ethyl adjacent to an activating group) is 1. The summed E-state index contributed by atoms with van der Waals surface area (Å²) >= 11 is 0. The van der Waals surface area contributed by atoms with E-state index in [9.17, 15) is 24.5 Å². The molecular weight excluding hydrogens is 378 g/mol. The number of hydrogen-bond donors (Lipinski definition) is 1. The first-order chi connectivity index (χ1) is 13.8. The average Bonchev–Trinajstić information content (AvgIpc) is 2.71. The van der Waals surface area contributed by atoms with Gasteiger partial charge in [0, 0.05) is 24.4 Å². The summed E-state index contributed by atoms with van der Waals surface area (Å²) in [5.41, 5.74) is 1.36. The van der Waals surface area contributed by atoms with Gasteiger partial charge in [-0.15, -0.1) is 0 Å². The van der Waals surface area contributed by atoms with Crippen LogP contribution in [-0.4, -0.2) is 48.1 Å². The van der Waals surface area contributed by atoms with Crippen molar-refractivity contribution in [3.63, 3.8) is 0 Å². The molecule has 0 aromatic heterocycles. The summed E-state index contributed by atoms with van der Waals surface area (Å²) in [5.74, 6) is -1.04. The fraction of sp³-hybridized carbons (Fsp3) is 0.250. The van der Waals surface area contributed by atoms with Gasteiger partial charge in [0.15, 0.2) is 12.4 Å². The Kier molecular flexibility index (Phi) is 7.41. The van der Waals surface area contributed by atoms with Crippen LogP contribution in [0.5, 0.6) is 5.75 Å². The summed E-state index contributed by atoms with van der Waals surface area (Å²) in [6.45, 7) is 1.28. The second-order valence-electron chi connectivity index (χ2n) is 6.20. The van der Waals surface area contributed by atoms with Crippen LogP contribution in [0.1, 0.15) is 22.8 Å². The number of nitrogens with zero attached hydrogens (tertiary/aromatic N) is 2. The predicted molar refractivity (Wildman–Crippen MR) is 106 cm³/mol. The molecule has 0 saturated heterocycles. The quantitative estimate of drug-likeness (QED) is 0.393. The van der Waals surface area contributed by atoms with Crippen LogP contribution in [0.25, 0.3) is 0 Å². The van der Waals surface area contributed by atoms with Crippen molar-refractivity contribution in [3.8, 4) is 5.75 Å². The fourth-order valence-corrected chi connectivity index (χ4v) is 2.57. The zero-order chi connectivity index (χ0) is 21.4. The largest absolute Gasteiger partial charge is 0.477 e. The summed E-state index contributed by atoms with van der Waals surface area (Å²) in [4.78, 5) is 46.8. The number of aryl methyl sites for hydroxylation is 1. The molecule has 0 aliphatic rings. The molecule has 0 atom stereocenters. The zero-order valence-electron chi connectivity index (χ0n) is 16.1. The lowest BCUT2D eigenvalue weighted by Gasteiger charge is -2.18. The molecule has 0 aliphatic heterocycles. The summed E-state index contributed by atoms with van der Waals surface area (Å²) in [6, 6.07) is 11.0. The van der Waals surface area contributed by atoms with Crippen LogP contribution in [0.3, 0.4) is 0 Å². The van der Waals surface area contributed by atoms with E-state index >= 15 is 0 Å². The second-order valence-corrected chi connectivity index (χ2v) is 6.20. The van der Waals surface area contributed by atoms with E-state index in [1.54, 1.807) is 12.1 Å². The van der Waals surface area contributed by atoms with E-state index in [0.29, 0.717) is 12.0 Å². The van der Waals surface area contributed by atoms with Gasteiger partial charge in [0.05, 0.1) is 11.5 Å². The number of nitro benzene ring substituents is 1. The molecular formula is C20H21N3O6. The van der Waals surface area contributed by atoms with Crippen molar-refractivity contribution in [3.05, 3.63) is 63.7 Å². The van der Waals surface area contributed by atoms with Crippen molar-refractivity contribution >= 4 is 29.5 Å². The number of benzene rings is 2. The molecule has 9 nitrogen and oxygen atoms in total. The highest BCUT2D eigenvalue weighted by Crippen LogP contribution is 2.27. The molecule has 9 heteroatoms. The molecule has 1 N–H and O–H groups in total. The molecule has 2 amide bonds. The lowest BCUT2D eigenvalue weighted by atomic mass is 10.1. The molecule has 2 aromatic rings. The molecule has 152 valence electrons.